The van der Waals surface area contributed by atoms with Crippen molar-refractivity contribution in [1.82, 2.24) is 4.90 Å². The fourth-order valence-electron chi connectivity index (χ4n) is 2.71. The normalized spacial score (nSPS) is 19.8. The zero-order valence-electron chi connectivity index (χ0n) is 10.3. The molecular weight excluding hydrogens is 214 g/mol. The Balaban J connectivity index is 1.92. The molecule has 0 spiro atoms. The van der Waals surface area contributed by atoms with Crippen LogP contribution in [0.2, 0.25) is 0 Å². The molecule has 1 aliphatic rings. The zero-order valence-corrected chi connectivity index (χ0v) is 11.1. The van der Waals surface area contributed by atoms with E-state index < -0.39 is 0 Å². The van der Waals surface area contributed by atoms with Crippen LogP contribution in [0.15, 0.2) is 16.8 Å². The molecule has 1 aromatic heterocycles. The van der Waals surface area contributed by atoms with E-state index in [9.17, 15) is 0 Å². The molecule has 90 valence electrons. The van der Waals surface area contributed by atoms with Gasteiger partial charge in [0.1, 0.15) is 0 Å². The maximum atomic E-state index is 2.73. The highest BCUT2D eigenvalue weighted by Crippen LogP contribution is 2.20. The lowest BCUT2D eigenvalue weighted by Crippen LogP contribution is -2.40. The number of likely N-dealkylation sites (tertiary alicyclic amines) is 1. The van der Waals surface area contributed by atoms with Crippen molar-refractivity contribution in [3.05, 3.63) is 22.4 Å². The molecule has 0 bridgehead atoms. The maximum Gasteiger partial charge on any atom is 0.0136 e. The highest BCUT2D eigenvalue weighted by Gasteiger charge is 2.20. The number of thiophene rings is 1. The van der Waals surface area contributed by atoms with Crippen LogP contribution in [0.4, 0.5) is 0 Å². The lowest BCUT2D eigenvalue weighted by Gasteiger charge is -2.34. The molecule has 1 fully saturated rings. The quantitative estimate of drug-likeness (QED) is 0.749. The first-order valence-corrected chi connectivity index (χ1v) is 7.59. The van der Waals surface area contributed by atoms with E-state index in [0.717, 1.165) is 6.04 Å². The van der Waals surface area contributed by atoms with E-state index in [-0.39, 0.29) is 0 Å². The lowest BCUT2D eigenvalue weighted by atomic mass is 9.99. The van der Waals surface area contributed by atoms with Crippen LogP contribution in [-0.2, 0) is 6.42 Å². The number of piperidine rings is 1. The maximum absolute atomic E-state index is 2.73. The Morgan fingerprint density at radius 3 is 2.75 bits per heavy atom. The first kappa shape index (κ1) is 12.1. The summed E-state index contributed by atoms with van der Waals surface area (Å²) in [6, 6.07) is 3.08. The minimum atomic E-state index is 0.792. The molecule has 1 atom stereocenters. The fourth-order valence-corrected chi connectivity index (χ4v) is 3.39. The van der Waals surface area contributed by atoms with Crippen LogP contribution in [0.5, 0.6) is 0 Å². The van der Waals surface area contributed by atoms with E-state index in [0.29, 0.717) is 0 Å². The van der Waals surface area contributed by atoms with Gasteiger partial charge in [0.05, 0.1) is 0 Å². The Morgan fingerprint density at radius 1 is 1.31 bits per heavy atom. The second-order valence-corrected chi connectivity index (χ2v) is 5.65. The summed E-state index contributed by atoms with van der Waals surface area (Å²) >= 11 is 1.83. The van der Waals surface area contributed by atoms with Gasteiger partial charge in [-0.05, 0) is 61.2 Å². The minimum absolute atomic E-state index is 0.792. The second kappa shape index (κ2) is 6.41. The third kappa shape index (κ3) is 3.33. The highest BCUT2D eigenvalue weighted by atomic mass is 32.1. The van der Waals surface area contributed by atoms with Gasteiger partial charge >= 0.3 is 0 Å². The average molecular weight is 237 g/mol. The van der Waals surface area contributed by atoms with E-state index in [2.05, 4.69) is 28.7 Å². The van der Waals surface area contributed by atoms with Crippen molar-refractivity contribution in [3.8, 4) is 0 Å². The monoisotopic (exact) mass is 237 g/mol. The molecule has 0 saturated carbocycles. The molecule has 1 unspecified atom stereocenters. The Bertz CT molecular complexity index is 275. The Kier molecular flexibility index (Phi) is 4.86. The molecule has 0 N–H and O–H groups in total. The van der Waals surface area contributed by atoms with Crippen molar-refractivity contribution < 1.29 is 0 Å². The van der Waals surface area contributed by atoms with Gasteiger partial charge in [0.2, 0.25) is 0 Å². The summed E-state index contributed by atoms with van der Waals surface area (Å²) in [4.78, 5) is 2.73. The summed E-state index contributed by atoms with van der Waals surface area (Å²) in [5.41, 5.74) is 1.54. The fraction of sp³-hybridized carbons (Fsp3) is 0.714. The molecule has 2 heterocycles. The van der Waals surface area contributed by atoms with Gasteiger partial charge < -0.3 is 4.90 Å². The molecule has 1 aliphatic heterocycles. The standard InChI is InChI=1S/C14H23NS/c1-2-6-14(11-13-7-10-16-12-13)15-8-4-3-5-9-15/h7,10,12,14H,2-6,8-9,11H2,1H3. The molecule has 0 amide bonds. The summed E-state index contributed by atoms with van der Waals surface area (Å²) in [7, 11) is 0. The van der Waals surface area contributed by atoms with Crippen molar-refractivity contribution in [2.75, 3.05) is 13.1 Å². The van der Waals surface area contributed by atoms with Crippen molar-refractivity contribution in [2.45, 2.75) is 51.5 Å². The lowest BCUT2D eigenvalue weighted by molar-refractivity contribution is 0.153. The van der Waals surface area contributed by atoms with Crippen molar-refractivity contribution in [3.63, 3.8) is 0 Å². The summed E-state index contributed by atoms with van der Waals surface area (Å²) in [6.45, 7) is 4.97. The smallest absolute Gasteiger partial charge is 0.0136 e. The van der Waals surface area contributed by atoms with Gasteiger partial charge in [-0.25, -0.2) is 0 Å². The zero-order chi connectivity index (χ0) is 11.2. The van der Waals surface area contributed by atoms with Gasteiger partial charge in [-0.2, -0.15) is 11.3 Å². The van der Waals surface area contributed by atoms with Gasteiger partial charge in [0, 0.05) is 6.04 Å². The predicted octanol–water partition coefficient (Wildman–Crippen LogP) is 3.95. The summed E-state index contributed by atoms with van der Waals surface area (Å²) in [6.07, 6.45) is 8.18. The Morgan fingerprint density at radius 2 is 2.12 bits per heavy atom. The summed E-state index contributed by atoms with van der Waals surface area (Å²) < 4.78 is 0. The van der Waals surface area contributed by atoms with Crippen molar-refractivity contribution in [2.24, 2.45) is 0 Å². The predicted molar refractivity (Wildman–Crippen MR) is 72.1 cm³/mol. The van der Waals surface area contributed by atoms with Crippen LogP contribution in [0.3, 0.4) is 0 Å². The van der Waals surface area contributed by atoms with Gasteiger partial charge in [0.25, 0.3) is 0 Å². The molecule has 2 rings (SSSR count). The summed E-state index contributed by atoms with van der Waals surface area (Å²) in [5.74, 6) is 0. The minimum Gasteiger partial charge on any atom is -0.300 e. The molecule has 2 heteroatoms. The molecule has 1 nitrogen and oxygen atoms in total. The van der Waals surface area contributed by atoms with Gasteiger partial charge in [-0.3, -0.25) is 0 Å². The summed E-state index contributed by atoms with van der Waals surface area (Å²) in [5, 5.41) is 4.52. The molecular formula is C14H23NS. The Labute approximate surface area is 103 Å². The number of hydrogen-bond donors (Lipinski definition) is 0. The average Bonchev–Trinajstić information content (AvgIpc) is 2.83. The SMILES string of the molecule is CCCC(Cc1ccsc1)N1CCCCC1. The van der Waals surface area contributed by atoms with Gasteiger partial charge in [-0.15, -0.1) is 0 Å². The van der Waals surface area contributed by atoms with Crippen LogP contribution in [0.1, 0.15) is 44.6 Å². The molecule has 0 radical (unpaired) electrons. The van der Waals surface area contributed by atoms with E-state index >= 15 is 0 Å². The number of rotatable bonds is 5. The highest BCUT2D eigenvalue weighted by molar-refractivity contribution is 7.07. The van der Waals surface area contributed by atoms with Crippen LogP contribution in [0.25, 0.3) is 0 Å². The van der Waals surface area contributed by atoms with E-state index in [1.807, 2.05) is 11.3 Å². The van der Waals surface area contributed by atoms with Crippen LogP contribution >= 0.6 is 11.3 Å². The first-order valence-electron chi connectivity index (χ1n) is 6.65. The molecule has 1 saturated heterocycles. The van der Waals surface area contributed by atoms with Gasteiger partial charge in [0.15, 0.2) is 0 Å². The molecule has 16 heavy (non-hydrogen) atoms. The van der Waals surface area contributed by atoms with Crippen LogP contribution in [0, 0.1) is 0 Å². The molecule has 0 aliphatic carbocycles. The number of hydrogen-bond acceptors (Lipinski definition) is 2. The van der Waals surface area contributed by atoms with Crippen LogP contribution < -0.4 is 0 Å². The number of nitrogens with zero attached hydrogens (tertiary/aromatic N) is 1. The molecule has 1 aromatic rings. The topological polar surface area (TPSA) is 3.24 Å². The first-order chi connectivity index (χ1) is 7.90. The van der Waals surface area contributed by atoms with Crippen LogP contribution in [-0.4, -0.2) is 24.0 Å². The molecule has 0 aromatic carbocycles. The van der Waals surface area contributed by atoms with E-state index in [4.69, 9.17) is 0 Å². The van der Waals surface area contributed by atoms with E-state index in [1.54, 1.807) is 0 Å². The Hall–Kier alpha value is -0.340. The third-order valence-corrected chi connectivity index (χ3v) is 4.31. The van der Waals surface area contributed by atoms with E-state index in [1.165, 1.54) is 57.2 Å². The largest absolute Gasteiger partial charge is 0.300 e. The second-order valence-electron chi connectivity index (χ2n) is 4.87. The van der Waals surface area contributed by atoms with Gasteiger partial charge in [-0.1, -0.05) is 19.8 Å². The van der Waals surface area contributed by atoms with Crippen molar-refractivity contribution >= 4 is 11.3 Å². The third-order valence-electron chi connectivity index (χ3n) is 3.58. The van der Waals surface area contributed by atoms with Crippen molar-refractivity contribution in [1.29, 1.82) is 0 Å².